The second-order valence-electron chi connectivity index (χ2n) is 19.6. The summed E-state index contributed by atoms with van der Waals surface area (Å²) in [5, 5.41) is 10.1. The summed E-state index contributed by atoms with van der Waals surface area (Å²) in [6.45, 7) is 21.5. The van der Waals surface area contributed by atoms with Crippen molar-refractivity contribution >= 4 is 52.1 Å². The van der Waals surface area contributed by atoms with Gasteiger partial charge in [-0.25, -0.2) is 9.59 Å². The van der Waals surface area contributed by atoms with Gasteiger partial charge in [0.25, 0.3) is 8.32 Å². The molecule has 0 radical (unpaired) electrons. The molecule has 12 nitrogen and oxygen atoms in total. The summed E-state index contributed by atoms with van der Waals surface area (Å²) >= 11 is 7.05. The number of hydrogen-bond donors (Lipinski definition) is 1. The van der Waals surface area contributed by atoms with E-state index < -0.39 is 20.3 Å². The van der Waals surface area contributed by atoms with E-state index in [1.807, 2.05) is 67.6 Å². The van der Waals surface area contributed by atoms with Gasteiger partial charge in [0.2, 0.25) is 0 Å². The van der Waals surface area contributed by atoms with Crippen LogP contribution >= 0.6 is 31.9 Å². The second kappa shape index (κ2) is 30.1. The molecule has 0 aliphatic rings. The lowest BCUT2D eigenvalue weighted by Crippen LogP contribution is -2.43. The average molecular weight is 1200 g/mol. The molecule has 0 unspecified atom stereocenters. The van der Waals surface area contributed by atoms with Crippen LogP contribution in [0.3, 0.4) is 0 Å². The highest BCUT2D eigenvalue weighted by Gasteiger charge is 2.39. The Morgan fingerprint density at radius 2 is 0.896 bits per heavy atom. The Morgan fingerprint density at radius 3 is 1.31 bits per heavy atom. The number of aromatic hydroxyl groups is 1. The van der Waals surface area contributed by atoms with Gasteiger partial charge < -0.3 is 47.4 Å². The van der Waals surface area contributed by atoms with Gasteiger partial charge in [-0.1, -0.05) is 97.7 Å². The number of carbonyl (C=O) groups is 2. The number of carbonyl (C=O) groups excluding carboxylic acids is 2. The van der Waals surface area contributed by atoms with E-state index in [2.05, 4.69) is 92.6 Å². The van der Waals surface area contributed by atoms with E-state index in [-0.39, 0.29) is 10.8 Å². The molecule has 0 spiro atoms. The van der Waals surface area contributed by atoms with Gasteiger partial charge in [0.15, 0.2) is 0 Å². The van der Waals surface area contributed by atoms with Gasteiger partial charge in [-0.05, 0) is 147 Å². The third kappa shape index (κ3) is 17.4. The molecule has 414 valence electrons. The maximum atomic E-state index is 12.2. The summed E-state index contributed by atoms with van der Waals surface area (Å²) in [4.78, 5) is 24.4. The highest BCUT2D eigenvalue weighted by atomic mass is 79.9. The molecule has 0 fully saturated rings. The Kier molecular flexibility index (Phi) is 24.1. The topological polar surface area (TPSA) is 137 Å². The van der Waals surface area contributed by atoms with Crippen LogP contribution in [0, 0.1) is 0 Å². The third-order valence-corrected chi connectivity index (χ3v) is 18.6. The number of aryl methyl sites for hydroxylation is 2. The first-order chi connectivity index (χ1) is 36.9. The van der Waals surface area contributed by atoms with Crippen LogP contribution in [0.2, 0.25) is 18.1 Å². The Hall–Kier alpha value is -6.16. The number of rotatable bonds is 26. The van der Waals surface area contributed by atoms with Crippen LogP contribution in [0.4, 0.5) is 0 Å². The van der Waals surface area contributed by atoms with Crippen LogP contribution in [0.25, 0.3) is 0 Å². The minimum absolute atomic E-state index is 0.0952. The zero-order valence-corrected chi connectivity index (χ0v) is 50.7. The number of phenolic OH excluding ortho intramolecular Hbond substituents is 1. The van der Waals surface area contributed by atoms with E-state index in [1.165, 1.54) is 14.2 Å². The maximum absolute atomic E-state index is 12.2. The van der Waals surface area contributed by atoms with Crippen molar-refractivity contribution in [3.05, 3.63) is 152 Å². The highest BCUT2D eigenvalue weighted by molar-refractivity contribution is 9.11. The summed E-state index contributed by atoms with van der Waals surface area (Å²) in [7, 11) is 0.712. The molecular weight excluding hydrogens is 1120 g/mol. The van der Waals surface area contributed by atoms with Gasteiger partial charge in [0, 0.05) is 36.1 Å². The van der Waals surface area contributed by atoms with Gasteiger partial charge in [0.05, 0.1) is 49.6 Å². The normalized spacial score (nSPS) is 11.2. The van der Waals surface area contributed by atoms with Gasteiger partial charge in [0.1, 0.15) is 68.6 Å². The first kappa shape index (κ1) is 61.7. The number of hydrogen-bond acceptors (Lipinski definition) is 12. The molecule has 1 N–H and O–H groups in total. The van der Waals surface area contributed by atoms with Gasteiger partial charge in [-0.2, -0.15) is 0 Å². The quantitative estimate of drug-likeness (QED) is 0.0314. The van der Waals surface area contributed by atoms with Crippen molar-refractivity contribution in [1.82, 2.24) is 0 Å². The van der Waals surface area contributed by atoms with Crippen LogP contribution < -0.4 is 32.8 Å². The molecule has 0 aliphatic carbocycles. The predicted molar refractivity (Wildman–Crippen MR) is 314 cm³/mol. The summed E-state index contributed by atoms with van der Waals surface area (Å²) in [6, 6.07) is 33.2. The van der Waals surface area contributed by atoms with E-state index >= 15 is 0 Å². The van der Waals surface area contributed by atoms with Crippen molar-refractivity contribution in [1.29, 1.82) is 0 Å². The third-order valence-electron chi connectivity index (χ3n) is 13.0. The van der Waals surface area contributed by atoms with Crippen LogP contribution in [0.5, 0.6) is 57.5 Å². The molecule has 0 aliphatic heterocycles. The summed E-state index contributed by atoms with van der Waals surface area (Å²) in [5.41, 5.74) is 4.82. The number of para-hydroxylation sites is 2. The summed E-state index contributed by atoms with van der Waals surface area (Å²) < 4.78 is 54.9. The average Bonchev–Trinajstić information content (AvgIpc) is 3.41. The highest BCUT2D eigenvalue weighted by Crippen LogP contribution is 2.42. The number of ether oxygens (including phenoxy) is 8. The molecule has 0 amide bonds. The van der Waals surface area contributed by atoms with Gasteiger partial charge in [-0.3, -0.25) is 0 Å². The molecule has 0 aromatic heterocycles. The molecule has 0 atom stereocenters. The Balaban J connectivity index is 0.000000289. The minimum Gasteiger partial charge on any atom is -0.543 e. The van der Waals surface area contributed by atoms with E-state index in [4.69, 9.17) is 42.3 Å². The fraction of sp³-hybridized carbons (Fsp3) is 0.387. The smallest absolute Gasteiger partial charge is 0.341 e. The van der Waals surface area contributed by atoms with Crippen LogP contribution in [-0.4, -0.2) is 66.0 Å². The van der Waals surface area contributed by atoms with Gasteiger partial charge in [-0.15, -0.1) is 0 Å². The maximum Gasteiger partial charge on any atom is 0.341 e. The molecule has 15 heteroatoms. The van der Waals surface area contributed by atoms with Crippen molar-refractivity contribution in [2.24, 2.45) is 0 Å². The molecule has 77 heavy (non-hydrogen) atoms. The zero-order chi connectivity index (χ0) is 56.1. The second-order valence-corrected chi connectivity index (χ2v) is 26.1. The molecule has 0 heterocycles. The first-order valence-electron chi connectivity index (χ1n) is 26.4. The number of halogens is 2. The molecule has 0 bridgehead atoms. The number of phenols is 1. The largest absolute Gasteiger partial charge is 0.543 e. The van der Waals surface area contributed by atoms with E-state index in [0.717, 1.165) is 88.2 Å². The Bertz CT molecular complexity index is 2880. The summed E-state index contributed by atoms with van der Waals surface area (Å²) in [6.07, 6.45) is 6.40. The number of benzene rings is 6. The number of methoxy groups -OCH3 is 2. The monoisotopic (exact) mass is 1200 g/mol. The van der Waals surface area contributed by atoms with E-state index in [9.17, 15) is 14.7 Å². The van der Waals surface area contributed by atoms with Crippen molar-refractivity contribution in [2.45, 2.75) is 118 Å². The lowest BCUT2D eigenvalue weighted by atomic mass is 10.1. The van der Waals surface area contributed by atoms with E-state index in [1.54, 1.807) is 42.5 Å². The Labute approximate surface area is 474 Å². The lowest BCUT2D eigenvalue weighted by Gasteiger charge is -2.37. The minimum atomic E-state index is -2.00. The standard InChI is InChI=1S/C34H45BrO6Si.C28H31BrO6/c1-9-15-25-28(18-13-19-29(25)40-30-17-12-11-16-26(30)33(36)37-6)38-20-14-21-39-31-23-32(27(35)22-24(31)10-2)41-42(7,8)34(3,4)5;1-4-10-20-24(33-15-9-16-34-27-18-23(30)22(29)17-19(27)5-2)13-8-14-25(20)35-26-12-7-6-11-21(26)28(31)32-3/h11-13,16-19,22-23H,9-10,14-15,20-21H2,1-8H3;6-8,11-14,17-18,30H,4-5,9-10,15-16H2,1-3H3. The van der Waals surface area contributed by atoms with Crippen molar-refractivity contribution in [3.8, 4) is 57.5 Å². The van der Waals surface area contributed by atoms with Crippen LogP contribution in [0.15, 0.2) is 118 Å². The fourth-order valence-corrected chi connectivity index (χ4v) is 9.82. The molecule has 6 aromatic rings. The fourth-order valence-electron chi connectivity index (χ4n) is 7.78. The van der Waals surface area contributed by atoms with Crippen molar-refractivity contribution in [3.63, 3.8) is 0 Å². The lowest BCUT2D eigenvalue weighted by molar-refractivity contribution is 0.0588. The molecule has 0 saturated carbocycles. The first-order valence-corrected chi connectivity index (χ1v) is 30.9. The summed E-state index contributed by atoms with van der Waals surface area (Å²) in [5.74, 6) is 5.35. The molecule has 6 aromatic carbocycles. The van der Waals surface area contributed by atoms with Crippen LogP contribution in [-0.2, 0) is 35.2 Å². The molecular formula is C62H76Br2O12Si. The predicted octanol–water partition coefficient (Wildman–Crippen LogP) is 16.9. The molecule has 6 rings (SSSR count). The van der Waals surface area contributed by atoms with Crippen molar-refractivity contribution in [2.75, 3.05) is 40.6 Å². The van der Waals surface area contributed by atoms with Crippen LogP contribution in [0.1, 0.15) is 117 Å². The zero-order valence-electron chi connectivity index (χ0n) is 46.6. The van der Waals surface area contributed by atoms with Crippen molar-refractivity contribution < 1.29 is 57.0 Å². The SMILES string of the molecule is CCCc1c(OCCCOc2cc(O)c(Br)cc2CC)cccc1Oc1ccccc1C(=O)OC.CCCc1c(OCCCOc2cc(O[Si](C)(C)C(C)(C)C)c(Br)cc2CC)cccc1Oc1ccccc1C(=O)OC. The number of esters is 2. The molecule has 0 saturated heterocycles. The Morgan fingerprint density at radius 1 is 0.506 bits per heavy atom. The van der Waals surface area contributed by atoms with E-state index in [0.29, 0.717) is 83.6 Å². The van der Waals surface area contributed by atoms with Gasteiger partial charge >= 0.3 is 11.9 Å².